The predicted molar refractivity (Wildman–Crippen MR) is 111 cm³/mol. The number of carbonyl (C=O) groups excluding carboxylic acids is 1. The fraction of sp³-hybridized carbons (Fsp3) is 0.250. The topological polar surface area (TPSA) is 59.8 Å². The van der Waals surface area contributed by atoms with E-state index < -0.39 is 17.0 Å². The van der Waals surface area contributed by atoms with E-state index in [-0.39, 0.29) is 22.6 Å². The van der Waals surface area contributed by atoms with E-state index in [2.05, 4.69) is 15.5 Å². The summed E-state index contributed by atoms with van der Waals surface area (Å²) in [4.78, 5) is 12.2. The van der Waals surface area contributed by atoms with Crippen molar-refractivity contribution >= 4 is 29.3 Å². The number of nitrogens with one attached hydrogen (secondary N) is 1. The predicted octanol–water partition coefficient (Wildman–Crippen LogP) is 5.22. The number of hydrogen-bond donors (Lipinski definition) is 1. The lowest BCUT2D eigenvalue weighted by molar-refractivity contribution is -0.137. The molecule has 10 heteroatoms. The molecule has 0 fully saturated rings. The molecule has 0 saturated carbocycles. The lowest BCUT2D eigenvalue weighted by atomic mass is 10.1. The van der Waals surface area contributed by atoms with Crippen LogP contribution in [0.3, 0.4) is 0 Å². The number of carbonyl (C=O) groups is 1. The Morgan fingerprint density at radius 1 is 1.20 bits per heavy atom. The van der Waals surface area contributed by atoms with E-state index in [4.69, 9.17) is 11.6 Å². The number of alkyl halides is 3. The molecule has 0 aliphatic heterocycles. The smallest absolute Gasteiger partial charge is 0.355 e. The summed E-state index contributed by atoms with van der Waals surface area (Å²) in [5.41, 5.74) is -0.0662. The molecule has 1 amide bonds. The Labute approximate surface area is 180 Å². The van der Waals surface area contributed by atoms with E-state index in [1.54, 1.807) is 38.1 Å². The van der Waals surface area contributed by atoms with Crippen molar-refractivity contribution in [3.05, 3.63) is 59.1 Å². The third-order valence-corrected chi connectivity index (χ3v) is 5.55. The molecule has 0 radical (unpaired) electrons. The van der Waals surface area contributed by atoms with Crippen LogP contribution in [0.15, 0.2) is 53.7 Å². The summed E-state index contributed by atoms with van der Waals surface area (Å²) in [6.07, 6.45) is -4.50. The average molecular weight is 455 g/mol. The van der Waals surface area contributed by atoms with Gasteiger partial charge in [0.2, 0.25) is 5.91 Å². The molecule has 3 aromatic rings. The van der Waals surface area contributed by atoms with Crippen LogP contribution in [0.5, 0.6) is 0 Å². The van der Waals surface area contributed by atoms with Crippen LogP contribution >= 0.6 is 23.4 Å². The van der Waals surface area contributed by atoms with Gasteiger partial charge in [-0.05, 0) is 44.2 Å². The largest absolute Gasteiger partial charge is 0.416 e. The Balaban J connectivity index is 2.14. The van der Waals surface area contributed by atoms with Crippen molar-refractivity contribution in [1.82, 2.24) is 20.1 Å². The molecule has 5 nitrogen and oxygen atoms in total. The monoisotopic (exact) mass is 454 g/mol. The Bertz CT molecular complexity index is 1050. The first-order chi connectivity index (χ1) is 14.2. The summed E-state index contributed by atoms with van der Waals surface area (Å²) >= 11 is 7.40. The van der Waals surface area contributed by atoms with Crippen molar-refractivity contribution in [2.45, 2.75) is 30.4 Å². The zero-order valence-electron chi connectivity index (χ0n) is 16.1. The van der Waals surface area contributed by atoms with Gasteiger partial charge in [-0.25, -0.2) is 0 Å². The first-order valence-electron chi connectivity index (χ1n) is 9.04. The van der Waals surface area contributed by atoms with E-state index in [1.165, 1.54) is 16.7 Å². The van der Waals surface area contributed by atoms with Crippen LogP contribution in [0.2, 0.25) is 5.02 Å². The molecule has 1 heterocycles. The van der Waals surface area contributed by atoms with Crippen molar-refractivity contribution < 1.29 is 18.0 Å². The Hall–Kier alpha value is -2.52. The summed E-state index contributed by atoms with van der Waals surface area (Å²) in [6.45, 7) is 3.96. The summed E-state index contributed by atoms with van der Waals surface area (Å²) in [5.74, 6) is 0.0749. The van der Waals surface area contributed by atoms with Gasteiger partial charge in [0.15, 0.2) is 11.0 Å². The van der Waals surface area contributed by atoms with Crippen molar-refractivity contribution in [3.8, 4) is 17.1 Å². The highest BCUT2D eigenvalue weighted by atomic mass is 35.5. The highest BCUT2D eigenvalue weighted by Crippen LogP contribution is 2.35. The van der Waals surface area contributed by atoms with Crippen molar-refractivity contribution in [3.63, 3.8) is 0 Å². The van der Waals surface area contributed by atoms with Gasteiger partial charge < -0.3 is 5.32 Å². The molecule has 1 aromatic heterocycles. The van der Waals surface area contributed by atoms with Crippen molar-refractivity contribution in [1.29, 1.82) is 0 Å². The highest BCUT2D eigenvalue weighted by molar-refractivity contribution is 8.00. The zero-order valence-corrected chi connectivity index (χ0v) is 17.6. The summed E-state index contributed by atoms with van der Waals surface area (Å²) in [6, 6.07) is 11.7. The van der Waals surface area contributed by atoms with Gasteiger partial charge in [-0.1, -0.05) is 41.6 Å². The minimum Gasteiger partial charge on any atom is -0.355 e. The number of amides is 1. The molecule has 3 rings (SSSR count). The van der Waals surface area contributed by atoms with Crippen LogP contribution < -0.4 is 5.32 Å². The van der Waals surface area contributed by atoms with Crippen LogP contribution in [0.4, 0.5) is 13.2 Å². The second kappa shape index (κ2) is 9.09. The molecule has 30 heavy (non-hydrogen) atoms. The van der Waals surface area contributed by atoms with Crippen molar-refractivity contribution in [2.24, 2.45) is 0 Å². The van der Waals surface area contributed by atoms with E-state index in [1.807, 2.05) is 0 Å². The summed E-state index contributed by atoms with van der Waals surface area (Å²) in [5, 5.41) is 11.2. The van der Waals surface area contributed by atoms with Gasteiger partial charge in [0, 0.05) is 12.1 Å². The molecule has 0 saturated heterocycles. The number of benzene rings is 2. The second-order valence-corrected chi connectivity index (χ2v) is 8.04. The van der Waals surface area contributed by atoms with E-state index >= 15 is 0 Å². The molecule has 1 N–H and O–H groups in total. The normalized spacial score (nSPS) is 12.6. The molecule has 0 bridgehead atoms. The van der Waals surface area contributed by atoms with Gasteiger partial charge >= 0.3 is 6.18 Å². The lowest BCUT2D eigenvalue weighted by Crippen LogP contribution is -2.30. The van der Waals surface area contributed by atoms with Crippen LogP contribution in [0, 0.1) is 0 Å². The number of aromatic nitrogens is 3. The van der Waals surface area contributed by atoms with E-state index in [0.29, 0.717) is 17.1 Å². The van der Waals surface area contributed by atoms with Gasteiger partial charge in [-0.15, -0.1) is 10.2 Å². The molecular weight excluding hydrogens is 437 g/mol. The second-order valence-electron chi connectivity index (χ2n) is 6.32. The fourth-order valence-electron chi connectivity index (χ4n) is 2.75. The molecule has 1 unspecified atom stereocenters. The number of nitrogens with zero attached hydrogens (tertiary/aromatic N) is 3. The maximum Gasteiger partial charge on any atom is 0.416 e. The quantitative estimate of drug-likeness (QED) is 0.518. The van der Waals surface area contributed by atoms with Crippen LogP contribution in [-0.4, -0.2) is 32.5 Å². The molecule has 158 valence electrons. The third kappa shape index (κ3) is 4.79. The molecule has 0 aliphatic rings. The fourth-order valence-corrected chi connectivity index (χ4v) is 3.86. The first kappa shape index (κ1) is 22.2. The highest BCUT2D eigenvalue weighted by Gasteiger charge is 2.31. The summed E-state index contributed by atoms with van der Waals surface area (Å²) in [7, 11) is 0. The van der Waals surface area contributed by atoms with Crippen molar-refractivity contribution in [2.75, 3.05) is 6.54 Å². The van der Waals surface area contributed by atoms with Crippen LogP contribution in [-0.2, 0) is 11.0 Å². The number of hydrogen-bond acceptors (Lipinski definition) is 4. The van der Waals surface area contributed by atoms with E-state index in [9.17, 15) is 18.0 Å². The minimum absolute atomic E-state index is 0.208. The maximum absolute atomic E-state index is 13.3. The van der Waals surface area contributed by atoms with Gasteiger partial charge in [0.25, 0.3) is 0 Å². The number of halogens is 4. The SMILES string of the molecule is CCNC(=O)C(C)Sc1nnc(-c2ccccc2Cl)n1-c1cccc(C(F)(F)F)c1. The Morgan fingerprint density at radius 2 is 1.93 bits per heavy atom. The third-order valence-electron chi connectivity index (χ3n) is 4.18. The standard InChI is InChI=1S/C20H18ClF3N4OS/c1-3-25-18(29)12(2)30-19-27-26-17(15-9-4-5-10-16(15)21)28(19)14-8-6-7-13(11-14)20(22,23)24/h4-12H,3H2,1-2H3,(H,25,29). The maximum atomic E-state index is 13.3. The van der Waals surface area contributed by atoms with Crippen LogP contribution in [0.1, 0.15) is 19.4 Å². The average Bonchev–Trinajstić information content (AvgIpc) is 3.11. The molecule has 2 aromatic carbocycles. The molecule has 0 spiro atoms. The minimum atomic E-state index is -4.50. The zero-order chi connectivity index (χ0) is 21.9. The summed E-state index contributed by atoms with van der Waals surface area (Å²) < 4.78 is 41.3. The van der Waals surface area contributed by atoms with Gasteiger partial charge in [0.05, 0.1) is 21.5 Å². The number of thioether (sulfide) groups is 1. The Morgan fingerprint density at radius 3 is 2.60 bits per heavy atom. The molecular formula is C20H18ClF3N4OS. The Kier molecular flexibility index (Phi) is 6.72. The number of rotatable bonds is 6. The van der Waals surface area contributed by atoms with Crippen LogP contribution in [0.25, 0.3) is 17.1 Å². The van der Waals surface area contributed by atoms with Gasteiger partial charge in [0.1, 0.15) is 0 Å². The van der Waals surface area contributed by atoms with Gasteiger partial charge in [-0.2, -0.15) is 13.2 Å². The first-order valence-corrected chi connectivity index (χ1v) is 10.3. The van der Waals surface area contributed by atoms with E-state index in [0.717, 1.165) is 23.9 Å². The molecule has 0 aliphatic carbocycles. The van der Waals surface area contributed by atoms with Gasteiger partial charge in [-0.3, -0.25) is 9.36 Å². The lowest BCUT2D eigenvalue weighted by Gasteiger charge is -2.15. The molecule has 1 atom stereocenters.